The molecule has 0 aliphatic heterocycles. The minimum Gasteiger partial charge on any atom is -0.200 e. The molecular weight excluding hydrogens is 212 g/mol. The molecule has 17 heavy (non-hydrogen) atoms. The van der Waals surface area contributed by atoms with Crippen LogP contribution in [0.15, 0.2) is 12.4 Å². The number of rotatable bonds is 0. The number of hydrogen-bond donors (Lipinski definition) is 0. The summed E-state index contributed by atoms with van der Waals surface area (Å²) in [6.45, 7) is 13.1. The fourth-order valence-electron chi connectivity index (χ4n) is 1.90. The second-order valence-corrected chi connectivity index (χ2v) is 6.54. The molecule has 0 bridgehead atoms. The highest BCUT2D eigenvalue weighted by Gasteiger charge is 2.27. The summed E-state index contributed by atoms with van der Waals surface area (Å²) in [6.07, 6.45) is 1.65. The van der Waals surface area contributed by atoms with Crippen LogP contribution >= 0.6 is 0 Å². The summed E-state index contributed by atoms with van der Waals surface area (Å²) in [7, 11) is 0. The van der Waals surface area contributed by atoms with Crippen molar-refractivity contribution in [2.24, 2.45) is 0 Å². The third kappa shape index (κ3) is 2.16. The third-order valence-corrected chi connectivity index (χ3v) is 2.81. The summed E-state index contributed by atoms with van der Waals surface area (Å²) in [6, 6.07) is 2.10. The van der Waals surface area contributed by atoms with E-state index in [1.54, 1.807) is 10.8 Å². The fourth-order valence-corrected chi connectivity index (χ4v) is 1.90. The van der Waals surface area contributed by atoms with Gasteiger partial charge >= 0.3 is 0 Å². The van der Waals surface area contributed by atoms with Crippen LogP contribution in [0, 0.1) is 0 Å². The van der Waals surface area contributed by atoms with Crippen LogP contribution in [-0.4, -0.2) is 19.8 Å². The molecule has 2 aromatic rings. The van der Waals surface area contributed by atoms with Crippen LogP contribution in [0.5, 0.6) is 0 Å². The maximum Gasteiger partial charge on any atom is 0.177 e. The van der Waals surface area contributed by atoms with Crippen LogP contribution in [0.25, 0.3) is 5.65 Å². The molecule has 2 aromatic heterocycles. The average molecular weight is 232 g/mol. The van der Waals surface area contributed by atoms with Gasteiger partial charge in [0.25, 0.3) is 0 Å². The van der Waals surface area contributed by atoms with Gasteiger partial charge in [-0.15, -0.1) is 10.2 Å². The zero-order chi connectivity index (χ0) is 12.8. The number of nitrogens with zero attached hydrogens (tertiary/aromatic N) is 4. The van der Waals surface area contributed by atoms with Crippen molar-refractivity contribution in [1.82, 2.24) is 19.8 Å². The lowest BCUT2D eigenvalue weighted by Gasteiger charge is -2.28. The molecule has 0 N–H and O–H groups in total. The predicted molar refractivity (Wildman–Crippen MR) is 68.2 cm³/mol. The van der Waals surface area contributed by atoms with Crippen molar-refractivity contribution < 1.29 is 0 Å². The van der Waals surface area contributed by atoms with Gasteiger partial charge in [-0.25, -0.2) is 4.52 Å². The van der Waals surface area contributed by atoms with Crippen molar-refractivity contribution in [3.05, 3.63) is 23.7 Å². The smallest absolute Gasteiger partial charge is 0.177 e. The summed E-state index contributed by atoms with van der Waals surface area (Å²) in [4.78, 5) is 0. The Morgan fingerprint density at radius 3 is 2.18 bits per heavy atom. The summed E-state index contributed by atoms with van der Waals surface area (Å²) in [5.41, 5.74) is 3.23. The maximum atomic E-state index is 4.66. The number of hydrogen-bond acceptors (Lipinski definition) is 3. The summed E-state index contributed by atoms with van der Waals surface area (Å²) in [5, 5.41) is 12.6. The lowest BCUT2D eigenvalue weighted by Crippen LogP contribution is -2.25. The van der Waals surface area contributed by atoms with E-state index >= 15 is 0 Å². The van der Waals surface area contributed by atoms with Crippen molar-refractivity contribution in [2.45, 2.75) is 52.4 Å². The Morgan fingerprint density at radius 2 is 1.65 bits per heavy atom. The van der Waals surface area contributed by atoms with E-state index in [4.69, 9.17) is 0 Å². The summed E-state index contributed by atoms with van der Waals surface area (Å²) >= 11 is 0. The minimum atomic E-state index is 0.0150. The van der Waals surface area contributed by atoms with E-state index < -0.39 is 0 Å². The molecular formula is C13H20N4. The van der Waals surface area contributed by atoms with E-state index in [2.05, 4.69) is 62.9 Å². The van der Waals surface area contributed by atoms with E-state index in [0.29, 0.717) is 0 Å². The zero-order valence-electron chi connectivity index (χ0n) is 11.4. The van der Waals surface area contributed by atoms with Gasteiger partial charge in [-0.2, -0.15) is 5.10 Å². The van der Waals surface area contributed by atoms with Crippen LogP contribution in [0.4, 0.5) is 0 Å². The average Bonchev–Trinajstić information content (AvgIpc) is 2.59. The SMILES string of the molecule is CC(C)(C)c1cc2nncn2nc1C(C)(C)C. The lowest BCUT2D eigenvalue weighted by atomic mass is 9.79. The molecule has 0 saturated carbocycles. The second kappa shape index (κ2) is 3.52. The van der Waals surface area contributed by atoms with Gasteiger partial charge in [-0.05, 0) is 17.0 Å². The molecule has 4 nitrogen and oxygen atoms in total. The number of aromatic nitrogens is 4. The first-order chi connectivity index (χ1) is 7.69. The highest BCUT2D eigenvalue weighted by molar-refractivity contribution is 5.44. The van der Waals surface area contributed by atoms with E-state index in [-0.39, 0.29) is 10.8 Å². The molecule has 2 heterocycles. The van der Waals surface area contributed by atoms with Gasteiger partial charge in [0.15, 0.2) is 5.65 Å². The van der Waals surface area contributed by atoms with Crippen molar-refractivity contribution in [1.29, 1.82) is 0 Å². The molecule has 4 heteroatoms. The van der Waals surface area contributed by atoms with Crippen LogP contribution in [0.2, 0.25) is 0 Å². The number of fused-ring (bicyclic) bond motifs is 1. The molecule has 0 atom stereocenters. The van der Waals surface area contributed by atoms with E-state index in [1.807, 2.05) is 0 Å². The highest BCUT2D eigenvalue weighted by Crippen LogP contribution is 2.32. The van der Waals surface area contributed by atoms with Crippen LogP contribution < -0.4 is 0 Å². The summed E-state index contributed by atoms with van der Waals surface area (Å²) in [5.74, 6) is 0. The van der Waals surface area contributed by atoms with Gasteiger partial charge < -0.3 is 0 Å². The standard InChI is InChI=1S/C13H20N4/c1-12(2,3)9-7-10-15-14-8-17(10)16-11(9)13(4,5)6/h7-8H,1-6H3. The van der Waals surface area contributed by atoms with Crippen molar-refractivity contribution in [3.8, 4) is 0 Å². The van der Waals surface area contributed by atoms with Gasteiger partial charge in [0.1, 0.15) is 6.33 Å². The lowest BCUT2D eigenvalue weighted by molar-refractivity contribution is 0.503. The van der Waals surface area contributed by atoms with Crippen molar-refractivity contribution in [3.63, 3.8) is 0 Å². The Kier molecular flexibility index (Phi) is 2.49. The Labute approximate surface area is 102 Å². The molecule has 92 valence electrons. The molecule has 0 aliphatic rings. The second-order valence-electron chi connectivity index (χ2n) is 6.54. The fraction of sp³-hybridized carbons (Fsp3) is 0.615. The zero-order valence-corrected chi connectivity index (χ0v) is 11.4. The molecule has 0 aliphatic carbocycles. The van der Waals surface area contributed by atoms with Crippen LogP contribution in [0.1, 0.15) is 52.8 Å². The molecule has 2 rings (SSSR count). The molecule has 0 amide bonds. The van der Waals surface area contributed by atoms with Crippen LogP contribution in [0.3, 0.4) is 0 Å². The van der Waals surface area contributed by atoms with Crippen LogP contribution in [-0.2, 0) is 10.8 Å². The topological polar surface area (TPSA) is 43.1 Å². The first-order valence-corrected chi connectivity index (χ1v) is 5.91. The Hall–Kier alpha value is -1.45. The largest absolute Gasteiger partial charge is 0.200 e. The van der Waals surface area contributed by atoms with Crippen molar-refractivity contribution >= 4 is 5.65 Å². The summed E-state index contributed by atoms with van der Waals surface area (Å²) < 4.78 is 1.75. The van der Waals surface area contributed by atoms with E-state index in [1.165, 1.54) is 5.56 Å². The Balaban J connectivity index is 2.78. The van der Waals surface area contributed by atoms with E-state index in [0.717, 1.165) is 11.3 Å². The van der Waals surface area contributed by atoms with E-state index in [9.17, 15) is 0 Å². The first kappa shape index (κ1) is 12.0. The predicted octanol–water partition coefficient (Wildman–Crippen LogP) is 2.72. The molecule has 0 saturated heterocycles. The van der Waals surface area contributed by atoms with Gasteiger partial charge in [0, 0.05) is 5.41 Å². The molecule has 0 radical (unpaired) electrons. The van der Waals surface area contributed by atoms with Gasteiger partial charge in [0.05, 0.1) is 5.69 Å². The highest BCUT2D eigenvalue weighted by atomic mass is 15.3. The van der Waals surface area contributed by atoms with Gasteiger partial charge in [0.2, 0.25) is 0 Å². The first-order valence-electron chi connectivity index (χ1n) is 5.91. The third-order valence-electron chi connectivity index (χ3n) is 2.81. The Morgan fingerprint density at radius 1 is 1.00 bits per heavy atom. The monoisotopic (exact) mass is 232 g/mol. The van der Waals surface area contributed by atoms with Crippen molar-refractivity contribution in [2.75, 3.05) is 0 Å². The maximum absolute atomic E-state index is 4.66. The minimum absolute atomic E-state index is 0.0150. The molecule has 0 aromatic carbocycles. The normalized spacial score (nSPS) is 13.3. The molecule has 0 unspecified atom stereocenters. The molecule has 0 spiro atoms. The molecule has 0 fully saturated rings. The van der Waals surface area contributed by atoms with Gasteiger partial charge in [-0.3, -0.25) is 0 Å². The van der Waals surface area contributed by atoms with Gasteiger partial charge in [-0.1, -0.05) is 41.5 Å². The quantitative estimate of drug-likeness (QED) is 0.701. The Bertz CT molecular complexity index is 493.